The summed E-state index contributed by atoms with van der Waals surface area (Å²) in [4.78, 5) is 6.51. The van der Waals surface area contributed by atoms with Crippen molar-refractivity contribution in [2.24, 2.45) is 0 Å². The van der Waals surface area contributed by atoms with Gasteiger partial charge in [0.05, 0.1) is 12.2 Å². The molecule has 1 saturated heterocycles. The summed E-state index contributed by atoms with van der Waals surface area (Å²) in [6, 6.07) is 0.294. The summed E-state index contributed by atoms with van der Waals surface area (Å²) in [6.07, 6.45) is 1.78. The number of hydrogen-bond acceptors (Lipinski definition) is 4. The average molecular weight is 181 g/mol. The lowest BCUT2D eigenvalue weighted by molar-refractivity contribution is 0.171. The SMILES string of the molecule is Cc1cnc(C2CNCCN2C)o1. The van der Waals surface area contributed by atoms with Gasteiger partial charge in [0.25, 0.3) is 0 Å². The number of nitrogens with zero attached hydrogens (tertiary/aromatic N) is 2. The molecule has 4 nitrogen and oxygen atoms in total. The second-order valence-electron chi connectivity index (χ2n) is 3.51. The van der Waals surface area contributed by atoms with E-state index in [-0.39, 0.29) is 0 Å². The normalized spacial score (nSPS) is 24.9. The third kappa shape index (κ3) is 1.73. The zero-order valence-electron chi connectivity index (χ0n) is 8.08. The number of oxazole rings is 1. The number of aromatic nitrogens is 1. The lowest BCUT2D eigenvalue weighted by Crippen LogP contribution is -2.43. The van der Waals surface area contributed by atoms with Gasteiger partial charge in [0.1, 0.15) is 5.76 Å². The molecule has 1 aromatic heterocycles. The third-order valence-corrected chi connectivity index (χ3v) is 2.44. The standard InChI is InChI=1S/C9H15N3O/c1-7-5-11-9(13-7)8-6-10-3-4-12(8)2/h5,8,10H,3-4,6H2,1-2H3. The Morgan fingerprint density at radius 2 is 2.54 bits per heavy atom. The quantitative estimate of drug-likeness (QED) is 0.687. The van der Waals surface area contributed by atoms with Crippen LogP contribution >= 0.6 is 0 Å². The molecule has 2 rings (SSSR count). The number of nitrogens with one attached hydrogen (secondary N) is 1. The predicted octanol–water partition coefficient (Wildman–Crippen LogP) is 0.559. The van der Waals surface area contributed by atoms with Crippen molar-refractivity contribution in [2.75, 3.05) is 26.7 Å². The molecule has 1 aliphatic rings. The maximum Gasteiger partial charge on any atom is 0.213 e. The molecule has 0 saturated carbocycles. The minimum atomic E-state index is 0.294. The Morgan fingerprint density at radius 1 is 1.69 bits per heavy atom. The molecule has 2 heterocycles. The lowest BCUT2D eigenvalue weighted by atomic mass is 10.2. The summed E-state index contributed by atoms with van der Waals surface area (Å²) in [5.74, 6) is 1.71. The number of rotatable bonds is 1. The van der Waals surface area contributed by atoms with Crippen LogP contribution in [0, 0.1) is 6.92 Å². The van der Waals surface area contributed by atoms with E-state index in [1.165, 1.54) is 0 Å². The van der Waals surface area contributed by atoms with E-state index < -0.39 is 0 Å². The Balaban J connectivity index is 2.14. The van der Waals surface area contributed by atoms with Gasteiger partial charge >= 0.3 is 0 Å². The molecule has 72 valence electrons. The average Bonchev–Trinajstić information content (AvgIpc) is 2.53. The molecule has 0 bridgehead atoms. The van der Waals surface area contributed by atoms with E-state index in [9.17, 15) is 0 Å². The molecule has 1 aromatic rings. The van der Waals surface area contributed by atoms with Gasteiger partial charge in [-0.2, -0.15) is 0 Å². The first-order chi connectivity index (χ1) is 6.27. The monoisotopic (exact) mass is 181 g/mol. The first-order valence-electron chi connectivity index (χ1n) is 4.60. The molecule has 0 amide bonds. The Labute approximate surface area is 77.9 Å². The number of hydrogen-bond donors (Lipinski definition) is 1. The fourth-order valence-corrected chi connectivity index (χ4v) is 1.61. The Hall–Kier alpha value is -0.870. The predicted molar refractivity (Wildman–Crippen MR) is 49.5 cm³/mol. The second-order valence-corrected chi connectivity index (χ2v) is 3.51. The largest absolute Gasteiger partial charge is 0.444 e. The summed E-state index contributed by atoms with van der Waals surface area (Å²) in [7, 11) is 2.10. The lowest BCUT2D eigenvalue weighted by Gasteiger charge is -2.30. The summed E-state index contributed by atoms with van der Waals surface area (Å²) in [6.45, 7) is 4.95. The first-order valence-corrected chi connectivity index (χ1v) is 4.60. The van der Waals surface area contributed by atoms with E-state index in [4.69, 9.17) is 4.42 Å². The van der Waals surface area contributed by atoms with Gasteiger partial charge in [-0.15, -0.1) is 0 Å². The van der Waals surface area contributed by atoms with Gasteiger partial charge in [0, 0.05) is 19.6 Å². The molecule has 1 fully saturated rings. The third-order valence-electron chi connectivity index (χ3n) is 2.44. The fourth-order valence-electron chi connectivity index (χ4n) is 1.61. The molecular weight excluding hydrogens is 166 g/mol. The topological polar surface area (TPSA) is 41.3 Å². The molecule has 0 spiro atoms. The van der Waals surface area contributed by atoms with Crippen molar-refractivity contribution in [3.05, 3.63) is 17.8 Å². The van der Waals surface area contributed by atoms with Crippen LogP contribution in [0.4, 0.5) is 0 Å². The van der Waals surface area contributed by atoms with E-state index in [0.29, 0.717) is 6.04 Å². The molecule has 13 heavy (non-hydrogen) atoms. The number of aryl methyl sites for hydroxylation is 1. The molecule has 0 aliphatic carbocycles. The van der Waals surface area contributed by atoms with E-state index in [1.807, 2.05) is 6.92 Å². The summed E-state index contributed by atoms with van der Waals surface area (Å²) in [5, 5.41) is 3.33. The Morgan fingerprint density at radius 3 is 3.15 bits per heavy atom. The van der Waals surface area contributed by atoms with Crippen molar-refractivity contribution in [1.82, 2.24) is 15.2 Å². The first kappa shape index (κ1) is 8.72. The van der Waals surface area contributed by atoms with Crippen LogP contribution in [0.25, 0.3) is 0 Å². The van der Waals surface area contributed by atoms with Crippen molar-refractivity contribution in [1.29, 1.82) is 0 Å². The molecule has 4 heteroatoms. The van der Waals surface area contributed by atoms with Gasteiger partial charge in [0.2, 0.25) is 5.89 Å². The molecule has 1 aliphatic heterocycles. The van der Waals surface area contributed by atoms with Crippen LogP contribution in [-0.4, -0.2) is 36.6 Å². The van der Waals surface area contributed by atoms with Crippen molar-refractivity contribution < 1.29 is 4.42 Å². The molecular formula is C9H15N3O. The summed E-state index contributed by atoms with van der Waals surface area (Å²) < 4.78 is 5.50. The van der Waals surface area contributed by atoms with Crippen molar-refractivity contribution in [3.8, 4) is 0 Å². The van der Waals surface area contributed by atoms with Gasteiger partial charge in [-0.05, 0) is 14.0 Å². The maximum absolute atomic E-state index is 5.50. The van der Waals surface area contributed by atoms with Gasteiger partial charge in [-0.3, -0.25) is 4.90 Å². The van der Waals surface area contributed by atoms with Gasteiger partial charge < -0.3 is 9.73 Å². The van der Waals surface area contributed by atoms with Crippen LogP contribution in [-0.2, 0) is 0 Å². The van der Waals surface area contributed by atoms with Gasteiger partial charge in [-0.25, -0.2) is 4.98 Å². The van der Waals surface area contributed by atoms with Crippen LogP contribution < -0.4 is 5.32 Å². The Kier molecular flexibility index (Phi) is 2.33. The van der Waals surface area contributed by atoms with E-state index in [1.54, 1.807) is 6.20 Å². The highest BCUT2D eigenvalue weighted by atomic mass is 16.4. The fraction of sp³-hybridized carbons (Fsp3) is 0.667. The van der Waals surface area contributed by atoms with Crippen molar-refractivity contribution >= 4 is 0 Å². The number of piperazine rings is 1. The van der Waals surface area contributed by atoms with Gasteiger partial charge in [0.15, 0.2) is 0 Å². The van der Waals surface area contributed by atoms with Crippen LogP contribution in [0.3, 0.4) is 0 Å². The summed E-state index contributed by atoms with van der Waals surface area (Å²) in [5.41, 5.74) is 0. The van der Waals surface area contributed by atoms with Crippen molar-refractivity contribution in [2.45, 2.75) is 13.0 Å². The minimum absolute atomic E-state index is 0.294. The molecule has 1 N–H and O–H groups in total. The van der Waals surface area contributed by atoms with Crippen LogP contribution in [0.5, 0.6) is 0 Å². The second kappa shape index (κ2) is 3.47. The van der Waals surface area contributed by atoms with Gasteiger partial charge in [-0.1, -0.05) is 0 Å². The maximum atomic E-state index is 5.50. The smallest absolute Gasteiger partial charge is 0.213 e. The molecule has 1 atom stereocenters. The number of likely N-dealkylation sites (N-methyl/N-ethyl adjacent to an activating group) is 1. The highest BCUT2D eigenvalue weighted by Gasteiger charge is 2.24. The van der Waals surface area contributed by atoms with E-state index >= 15 is 0 Å². The highest BCUT2D eigenvalue weighted by Crippen LogP contribution is 2.19. The molecule has 1 unspecified atom stereocenters. The molecule has 0 aromatic carbocycles. The van der Waals surface area contributed by atoms with E-state index in [2.05, 4.69) is 22.2 Å². The van der Waals surface area contributed by atoms with Crippen LogP contribution in [0.1, 0.15) is 17.7 Å². The highest BCUT2D eigenvalue weighted by molar-refractivity contribution is 4.98. The zero-order chi connectivity index (χ0) is 9.26. The van der Waals surface area contributed by atoms with E-state index in [0.717, 1.165) is 31.3 Å². The minimum Gasteiger partial charge on any atom is -0.444 e. The van der Waals surface area contributed by atoms with Crippen LogP contribution in [0.15, 0.2) is 10.6 Å². The molecule has 0 radical (unpaired) electrons. The van der Waals surface area contributed by atoms with Crippen LogP contribution in [0.2, 0.25) is 0 Å². The summed E-state index contributed by atoms with van der Waals surface area (Å²) >= 11 is 0. The zero-order valence-corrected chi connectivity index (χ0v) is 8.08. The van der Waals surface area contributed by atoms with Crippen molar-refractivity contribution in [3.63, 3.8) is 0 Å². The Bertz CT molecular complexity index is 284.